The van der Waals surface area contributed by atoms with Gasteiger partial charge in [0.25, 0.3) is 0 Å². The van der Waals surface area contributed by atoms with Crippen LogP contribution in [0.15, 0.2) is 30.3 Å². The SMILES string of the molecule is CCNC(=O)NC(CC)c1ccc(Cl)c2nc3n(c12)CCCN3c1ccc(Cl)cc1Cl. The Morgan fingerprint density at radius 1 is 1.13 bits per heavy atom. The van der Waals surface area contributed by atoms with E-state index in [9.17, 15) is 4.79 Å². The van der Waals surface area contributed by atoms with Gasteiger partial charge >= 0.3 is 6.03 Å². The number of rotatable bonds is 5. The number of hydrogen-bond donors (Lipinski definition) is 2. The lowest BCUT2D eigenvalue weighted by Gasteiger charge is -2.30. The van der Waals surface area contributed by atoms with Crippen molar-refractivity contribution in [3.05, 3.63) is 51.0 Å². The van der Waals surface area contributed by atoms with Gasteiger partial charge in [-0.25, -0.2) is 9.78 Å². The Morgan fingerprint density at radius 3 is 2.65 bits per heavy atom. The summed E-state index contributed by atoms with van der Waals surface area (Å²) in [5.41, 5.74) is 3.52. The van der Waals surface area contributed by atoms with Crippen molar-refractivity contribution < 1.29 is 4.79 Å². The van der Waals surface area contributed by atoms with Crippen LogP contribution in [0.1, 0.15) is 38.3 Å². The monoisotopic (exact) mass is 479 g/mol. The summed E-state index contributed by atoms with van der Waals surface area (Å²) in [6.07, 6.45) is 1.66. The Balaban J connectivity index is 1.85. The number of halogens is 3. The summed E-state index contributed by atoms with van der Waals surface area (Å²) in [4.78, 5) is 19.2. The molecule has 0 radical (unpaired) electrons. The molecule has 9 heteroatoms. The predicted molar refractivity (Wildman–Crippen MR) is 128 cm³/mol. The summed E-state index contributed by atoms with van der Waals surface area (Å²) in [5, 5.41) is 7.61. The molecule has 1 aromatic heterocycles. The van der Waals surface area contributed by atoms with E-state index in [4.69, 9.17) is 39.8 Å². The van der Waals surface area contributed by atoms with E-state index >= 15 is 0 Å². The molecule has 1 unspecified atom stereocenters. The highest BCUT2D eigenvalue weighted by Gasteiger charge is 2.28. The van der Waals surface area contributed by atoms with Crippen LogP contribution < -0.4 is 15.5 Å². The molecule has 1 aliphatic rings. The molecule has 2 amide bonds. The van der Waals surface area contributed by atoms with Crippen molar-refractivity contribution in [3.8, 4) is 0 Å². The molecule has 0 fully saturated rings. The number of imidazole rings is 1. The van der Waals surface area contributed by atoms with Gasteiger partial charge in [0.2, 0.25) is 5.95 Å². The Hall–Kier alpha value is -2.15. The normalized spacial score (nSPS) is 14.4. The Morgan fingerprint density at radius 2 is 1.94 bits per heavy atom. The Labute approximate surface area is 196 Å². The van der Waals surface area contributed by atoms with Crippen molar-refractivity contribution in [2.24, 2.45) is 0 Å². The maximum atomic E-state index is 12.2. The first-order valence-corrected chi connectivity index (χ1v) is 11.5. The van der Waals surface area contributed by atoms with Crippen LogP contribution in [0, 0.1) is 0 Å². The molecule has 3 aromatic rings. The molecule has 0 spiro atoms. The van der Waals surface area contributed by atoms with Crippen molar-refractivity contribution in [3.63, 3.8) is 0 Å². The van der Waals surface area contributed by atoms with Crippen LogP contribution in [0.25, 0.3) is 11.0 Å². The molecule has 6 nitrogen and oxygen atoms in total. The third-order valence-corrected chi connectivity index (χ3v) is 6.33. The van der Waals surface area contributed by atoms with E-state index in [1.165, 1.54) is 0 Å². The van der Waals surface area contributed by atoms with Gasteiger partial charge < -0.3 is 20.1 Å². The van der Waals surface area contributed by atoms with Gasteiger partial charge in [-0.15, -0.1) is 0 Å². The van der Waals surface area contributed by atoms with E-state index in [-0.39, 0.29) is 12.1 Å². The van der Waals surface area contributed by atoms with Crippen molar-refractivity contribution in [2.75, 3.05) is 18.0 Å². The molecule has 1 atom stereocenters. The maximum absolute atomic E-state index is 12.2. The van der Waals surface area contributed by atoms with Crippen LogP contribution in [0.2, 0.25) is 15.1 Å². The number of amides is 2. The first-order valence-electron chi connectivity index (χ1n) is 10.4. The van der Waals surface area contributed by atoms with Gasteiger partial charge in [0.15, 0.2) is 0 Å². The van der Waals surface area contributed by atoms with Crippen LogP contribution in [-0.4, -0.2) is 28.7 Å². The molecular weight excluding hydrogens is 457 g/mol. The fraction of sp³-hybridized carbons (Fsp3) is 0.364. The summed E-state index contributed by atoms with van der Waals surface area (Å²) in [6.45, 7) is 6.09. The minimum Gasteiger partial charge on any atom is -0.338 e. The first-order chi connectivity index (χ1) is 14.9. The number of carbonyl (C=O) groups is 1. The molecule has 0 aliphatic carbocycles. The highest BCUT2D eigenvalue weighted by Crippen LogP contribution is 2.40. The standard InChI is InChI=1S/C22H24Cl3N5O/c1-3-17(27-21(31)26-4-2)14-7-8-15(24)19-20(14)30-11-5-10-29(22(30)28-19)18-9-6-13(23)12-16(18)25/h6-9,12,17H,3-5,10-11H2,1-2H3,(H2,26,27,31). The van der Waals surface area contributed by atoms with E-state index in [2.05, 4.69) is 20.1 Å². The van der Waals surface area contributed by atoms with Gasteiger partial charge in [0, 0.05) is 30.2 Å². The molecular formula is C22H24Cl3N5O. The van der Waals surface area contributed by atoms with Crippen LogP contribution in [0.4, 0.5) is 16.4 Å². The fourth-order valence-corrected chi connectivity index (χ4v) is 4.81. The number of benzene rings is 2. The largest absolute Gasteiger partial charge is 0.338 e. The lowest BCUT2D eigenvalue weighted by molar-refractivity contribution is 0.237. The van der Waals surface area contributed by atoms with Gasteiger partial charge in [-0.05, 0) is 44.0 Å². The minimum absolute atomic E-state index is 0.165. The number of anilines is 2. The number of nitrogens with zero attached hydrogens (tertiary/aromatic N) is 3. The number of aromatic nitrogens is 2. The smallest absolute Gasteiger partial charge is 0.315 e. The Bertz CT molecular complexity index is 1130. The number of hydrogen-bond acceptors (Lipinski definition) is 3. The summed E-state index contributed by atoms with van der Waals surface area (Å²) in [7, 11) is 0. The summed E-state index contributed by atoms with van der Waals surface area (Å²) >= 11 is 19.2. The lowest BCUT2D eigenvalue weighted by atomic mass is 10.0. The summed E-state index contributed by atoms with van der Waals surface area (Å²) in [6, 6.07) is 8.95. The van der Waals surface area contributed by atoms with E-state index < -0.39 is 0 Å². The highest BCUT2D eigenvalue weighted by molar-refractivity contribution is 6.36. The van der Waals surface area contributed by atoms with Crippen LogP contribution in [-0.2, 0) is 6.54 Å². The van der Waals surface area contributed by atoms with Gasteiger partial charge in [-0.1, -0.05) is 47.8 Å². The summed E-state index contributed by atoms with van der Waals surface area (Å²) in [5.74, 6) is 0.785. The second-order valence-electron chi connectivity index (χ2n) is 7.46. The van der Waals surface area contributed by atoms with Crippen molar-refractivity contribution in [1.29, 1.82) is 0 Å². The Kier molecular flexibility index (Phi) is 6.51. The van der Waals surface area contributed by atoms with Gasteiger partial charge in [0.1, 0.15) is 5.52 Å². The number of aryl methyl sites for hydroxylation is 1. The second-order valence-corrected chi connectivity index (χ2v) is 8.71. The summed E-state index contributed by atoms with van der Waals surface area (Å²) < 4.78 is 2.17. The topological polar surface area (TPSA) is 62.2 Å². The molecule has 2 N–H and O–H groups in total. The van der Waals surface area contributed by atoms with E-state index in [0.29, 0.717) is 21.6 Å². The molecule has 1 aliphatic heterocycles. The third kappa shape index (κ3) is 4.16. The molecule has 0 bridgehead atoms. The molecule has 164 valence electrons. The van der Waals surface area contributed by atoms with E-state index in [0.717, 1.165) is 54.2 Å². The van der Waals surface area contributed by atoms with Gasteiger partial charge in [-0.2, -0.15) is 0 Å². The van der Waals surface area contributed by atoms with Crippen molar-refractivity contribution in [2.45, 2.75) is 39.3 Å². The average molecular weight is 481 g/mol. The molecule has 31 heavy (non-hydrogen) atoms. The zero-order valence-electron chi connectivity index (χ0n) is 17.4. The molecule has 0 saturated carbocycles. The predicted octanol–water partition coefficient (Wildman–Crippen LogP) is 6.31. The second kappa shape index (κ2) is 9.15. The van der Waals surface area contributed by atoms with Gasteiger partial charge in [0.05, 0.1) is 27.3 Å². The van der Waals surface area contributed by atoms with Crippen LogP contribution in [0.3, 0.4) is 0 Å². The number of fused-ring (bicyclic) bond motifs is 3. The number of nitrogens with one attached hydrogen (secondary N) is 2. The molecule has 2 aromatic carbocycles. The van der Waals surface area contributed by atoms with Gasteiger partial charge in [-0.3, -0.25) is 0 Å². The average Bonchev–Trinajstić information content (AvgIpc) is 3.14. The molecule has 4 rings (SSSR count). The van der Waals surface area contributed by atoms with Crippen LogP contribution in [0.5, 0.6) is 0 Å². The zero-order valence-corrected chi connectivity index (χ0v) is 19.7. The first kappa shape index (κ1) is 22.1. The lowest BCUT2D eigenvalue weighted by Crippen LogP contribution is -2.37. The minimum atomic E-state index is -0.189. The van der Waals surface area contributed by atoms with E-state index in [1.807, 2.05) is 38.1 Å². The van der Waals surface area contributed by atoms with Crippen molar-refractivity contribution in [1.82, 2.24) is 20.2 Å². The van der Waals surface area contributed by atoms with Crippen LogP contribution >= 0.6 is 34.8 Å². The molecule has 2 heterocycles. The highest BCUT2D eigenvalue weighted by atomic mass is 35.5. The fourth-order valence-electron chi connectivity index (χ4n) is 4.10. The van der Waals surface area contributed by atoms with Crippen molar-refractivity contribution >= 4 is 63.5 Å². The third-order valence-electron chi connectivity index (χ3n) is 5.49. The number of urea groups is 1. The zero-order chi connectivity index (χ0) is 22.1. The maximum Gasteiger partial charge on any atom is 0.315 e. The molecule has 0 saturated heterocycles. The van der Waals surface area contributed by atoms with E-state index in [1.54, 1.807) is 6.07 Å². The number of carbonyl (C=O) groups excluding carboxylic acids is 1. The quantitative estimate of drug-likeness (QED) is 0.450.